The van der Waals surface area contributed by atoms with Crippen molar-refractivity contribution in [3.8, 4) is 5.88 Å². The molecule has 0 spiro atoms. The molecule has 3 N–H and O–H groups in total. The quantitative estimate of drug-likeness (QED) is 0.776. The topological polar surface area (TPSA) is 81.0 Å². The second kappa shape index (κ2) is 4.94. The fourth-order valence-electron chi connectivity index (χ4n) is 1.66. The third kappa shape index (κ3) is 2.42. The Labute approximate surface area is 116 Å². The largest absolute Gasteiger partial charge is 0.411 e. The number of ether oxygens (including phenoxy) is 1. The highest BCUT2D eigenvalue weighted by Gasteiger charge is 2.17. The van der Waals surface area contributed by atoms with Gasteiger partial charge in [0, 0.05) is 17.3 Å². The Morgan fingerprint density at radius 1 is 1.37 bits per heavy atom. The summed E-state index contributed by atoms with van der Waals surface area (Å²) in [5.74, 6) is 0.385. The molecule has 0 saturated carbocycles. The SMILES string of the molecule is NC(=O)Oc1[nH]c2ccsc2c1Sc1ccncc1. The second-order valence-corrected chi connectivity index (χ2v) is 5.65. The van der Waals surface area contributed by atoms with E-state index in [4.69, 9.17) is 10.5 Å². The molecule has 0 radical (unpaired) electrons. The lowest BCUT2D eigenvalue weighted by molar-refractivity contribution is 0.208. The summed E-state index contributed by atoms with van der Waals surface area (Å²) in [6.45, 7) is 0. The lowest BCUT2D eigenvalue weighted by Crippen LogP contribution is -2.16. The zero-order valence-electron chi connectivity index (χ0n) is 9.62. The highest BCUT2D eigenvalue weighted by Crippen LogP contribution is 2.42. The van der Waals surface area contributed by atoms with Crippen LogP contribution >= 0.6 is 23.1 Å². The maximum absolute atomic E-state index is 10.9. The number of thiophene rings is 1. The molecule has 0 aliphatic heterocycles. The summed E-state index contributed by atoms with van der Waals surface area (Å²) in [5.41, 5.74) is 6.01. The lowest BCUT2D eigenvalue weighted by Gasteiger charge is -2.03. The molecular formula is C12H9N3O2S2. The molecule has 0 aliphatic rings. The van der Waals surface area contributed by atoms with Crippen molar-refractivity contribution in [1.29, 1.82) is 0 Å². The van der Waals surface area contributed by atoms with Crippen molar-refractivity contribution in [3.63, 3.8) is 0 Å². The van der Waals surface area contributed by atoms with Gasteiger partial charge < -0.3 is 15.5 Å². The molecule has 3 rings (SSSR count). The Bertz CT molecular complexity index is 721. The smallest absolute Gasteiger partial charge is 0.392 e. The van der Waals surface area contributed by atoms with Gasteiger partial charge in [-0.2, -0.15) is 0 Å². The number of hydrogen-bond donors (Lipinski definition) is 2. The molecule has 0 atom stereocenters. The summed E-state index contributed by atoms with van der Waals surface area (Å²) in [6, 6.07) is 5.72. The Kier molecular flexibility index (Phi) is 3.14. The molecule has 3 aromatic heterocycles. The molecular weight excluding hydrogens is 282 g/mol. The molecule has 0 bridgehead atoms. The van der Waals surface area contributed by atoms with Crippen molar-refractivity contribution in [3.05, 3.63) is 36.0 Å². The Morgan fingerprint density at radius 2 is 2.16 bits per heavy atom. The summed E-state index contributed by atoms with van der Waals surface area (Å²) >= 11 is 3.08. The number of rotatable bonds is 3. The van der Waals surface area contributed by atoms with E-state index >= 15 is 0 Å². The summed E-state index contributed by atoms with van der Waals surface area (Å²) in [5, 5.41) is 1.98. The molecule has 0 fully saturated rings. The number of amides is 1. The number of pyridine rings is 1. The third-order valence-electron chi connectivity index (χ3n) is 2.40. The van der Waals surface area contributed by atoms with Crippen molar-refractivity contribution in [2.24, 2.45) is 5.73 Å². The van der Waals surface area contributed by atoms with Crippen molar-refractivity contribution in [2.75, 3.05) is 0 Å². The number of primary amides is 1. The van der Waals surface area contributed by atoms with Crippen LogP contribution in [0.3, 0.4) is 0 Å². The zero-order chi connectivity index (χ0) is 13.2. The first-order chi connectivity index (χ1) is 9.24. The van der Waals surface area contributed by atoms with Gasteiger partial charge in [0.15, 0.2) is 0 Å². The molecule has 0 saturated heterocycles. The molecule has 0 aromatic carbocycles. The minimum atomic E-state index is -0.828. The Morgan fingerprint density at radius 3 is 2.89 bits per heavy atom. The highest BCUT2D eigenvalue weighted by molar-refractivity contribution is 7.99. The number of fused-ring (bicyclic) bond motifs is 1. The molecule has 7 heteroatoms. The van der Waals surface area contributed by atoms with Gasteiger partial charge in [-0.1, -0.05) is 11.8 Å². The van der Waals surface area contributed by atoms with E-state index in [1.807, 2.05) is 23.6 Å². The number of nitrogens with one attached hydrogen (secondary N) is 1. The first-order valence-corrected chi connectivity index (χ1v) is 7.08. The number of aromatic amines is 1. The van der Waals surface area contributed by atoms with Gasteiger partial charge >= 0.3 is 6.09 Å². The van der Waals surface area contributed by atoms with E-state index < -0.39 is 6.09 Å². The fourth-order valence-corrected chi connectivity index (χ4v) is 3.59. The number of carbonyl (C=O) groups excluding carboxylic acids is 1. The molecule has 19 heavy (non-hydrogen) atoms. The van der Waals surface area contributed by atoms with Gasteiger partial charge in [-0.05, 0) is 23.6 Å². The molecule has 96 valence electrons. The van der Waals surface area contributed by atoms with Crippen LogP contribution in [0.1, 0.15) is 0 Å². The highest BCUT2D eigenvalue weighted by atomic mass is 32.2. The average Bonchev–Trinajstić information content (AvgIpc) is 2.94. The molecule has 0 unspecified atom stereocenters. The van der Waals surface area contributed by atoms with Crippen molar-refractivity contribution in [2.45, 2.75) is 9.79 Å². The van der Waals surface area contributed by atoms with Crippen molar-refractivity contribution in [1.82, 2.24) is 9.97 Å². The Hall–Kier alpha value is -1.99. The first kappa shape index (κ1) is 12.1. The van der Waals surface area contributed by atoms with E-state index in [2.05, 4.69) is 9.97 Å². The number of H-pyrrole nitrogens is 1. The number of hydrogen-bond acceptors (Lipinski definition) is 5. The summed E-state index contributed by atoms with van der Waals surface area (Å²) < 4.78 is 6.05. The van der Waals surface area contributed by atoms with Crippen molar-refractivity contribution >= 4 is 39.4 Å². The lowest BCUT2D eigenvalue weighted by atomic mass is 10.5. The van der Waals surface area contributed by atoms with Gasteiger partial charge in [-0.3, -0.25) is 4.98 Å². The molecule has 1 amide bonds. The van der Waals surface area contributed by atoms with Crippen LogP contribution in [0, 0.1) is 0 Å². The third-order valence-corrected chi connectivity index (χ3v) is 4.56. The molecule has 3 heterocycles. The van der Waals surface area contributed by atoms with Crippen molar-refractivity contribution < 1.29 is 9.53 Å². The van der Waals surface area contributed by atoms with Crippen LogP contribution in [0.2, 0.25) is 0 Å². The van der Waals surface area contributed by atoms with E-state index in [9.17, 15) is 4.79 Å². The molecule has 3 aromatic rings. The van der Waals surface area contributed by atoms with E-state index in [-0.39, 0.29) is 0 Å². The van der Waals surface area contributed by atoms with Gasteiger partial charge in [0.05, 0.1) is 15.1 Å². The number of nitrogens with two attached hydrogens (primary N) is 1. The molecule has 5 nitrogen and oxygen atoms in total. The van der Waals surface area contributed by atoms with Gasteiger partial charge in [0.25, 0.3) is 0 Å². The number of carbonyl (C=O) groups is 1. The maximum Gasteiger partial charge on any atom is 0.411 e. The predicted molar refractivity (Wildman–Crippen MR) is 74.7 cm³/mol. The summed E-state index contributed by atoms with van der Waals surface area (Å²) in [6.07, 6.45) is 2.61. The molecule has 0 aliphatic carbocycles. The van der Waals surface area contributed by atoms with E-state index in [0.717, 1.165) is 20.0 Å². The van der Waals surface area contributed by atoms with E-state index in [0.29, 0.717) is 5.88 Å². The van der Waals surface area contributed by atoms with Gasteiger partial charge in [-0.25, -0.2) is 4.79 Å². The minimum absolute atomic E-state index is 0.385. The maximum atomic E-state index is 10.9. The van der Waals surface area contributed by atoms with Crippen LogP contribution in [0.5, 0.6) is 5.88 Å². The average molecular weight is 291 g/mol. The van der Waals surface area contributed by atoms with Crippen LogP contribution in [0.25, 0.3) is 10.2 Å². The standard InChI is InChI=1S/C12H9N3O2S2/c13-12(16)17-11-10(9-8(15-11)3-6-18-9)19-7-1-4-14-5-2-7/h1-6,15H,(H2,13,16). The van der Waals surface area contributed by atoms with Crippen LogP contribution in [-0.4, -0.2) is 16.1 Å². The van der Waals surface area contributed by atoms with Gasteiger partial charge in [0.1, 0.15) is 0 Å². The predicted octanol–water partition coefficient (Wildman–Crippen LogP) is 3.23. The van der Waals surface area contributed by atoms with E-state index in [1.54, 1.807) is 23.7 Å². The fraction of sp³-hybridized carbons (Fsp3) is 0. The number of nitrogens with zero attached hydrogens (tertiary/aromatic N) is 1. The normalized spacial score (nSPS) is 10.7. The second-order valence-electron chi connectivity index (χ2n) is 3.65. The van der Waals surface area contributed by atoms with Crippen LogP contribution in [0.15, 0.2) is 45.8 Å². The van der Waals surface area contributed by atoms with Crippen LogP contribution in [-0.2, 0) is 0 Å². The monoisotopic (exact) mass is 291 g/mol. The minimum Gasteiger partial charge on any atom is -0.392 e. The first-order valence-electron chi connectivity index (χ1n) is 5.38. The van der Waals surface area contributed by atoms with Gasteiger partial charge in [0.2, 0.25) is 5.88 Å². The zero-order valence-corrected chi connectivity index (χ0v) is 11.3. The summed E-state index contributed by atoms with van der Waals surface area (Å²) in [7, 11) is 0. The Balaban J connectivity index is 2.04. The van der Waals surface area contributed by atoms with Gasteiger partial charge in [-0.15, -0.1) is 11.3 Å². The number of aromatic nitrogens is 2. The van der Waals surface area contributed by atoms with E-state index in [1.165, 1.54) is 11.8 Å². The van der Waals surface area contributed by atoms with Crippen LogP contribution < -0.4 is 10.5 Å². The van der Waals surface area contributed by atoms with Crippen LogP contribution in [0.4, 0.5) is 4.79 Å². The summed E-state index contributed by atoms with van der Waals surface area (Å²) in [4.78, 5) is 19.8.